The van der Waals surface area contributed by atoms with E-state index in [-0.39, 0.29) is 0 Å². The fourth-order valence-corrected chi connectivity index (χ4v) is 2.45. The van der Waals surface area contributed by atoms with Gasteiger partial charge in [0.15, 0.2) is 5.84 Å². The molecule has 0 aliphatic carbocycles. The van der Waals surface area contributed by atoms with Crippen molar-refractivity contribution < 1.29 is 9.53 Å². The zero-order valence-corrected chi connectivity index (χ0v) is 12.6. The Labute approximate surface area is 133 Å². The first-order valence-electron chi connectivity index (χ1n) is 7.11. The van der Waals surface area contributed by atoms with Gasteiger partial charge in [-0.05, 0) is 22.9 Å². The van der Waals surface area contributed by atoms with Crippen LogP contribution in [0.5, 0.6) is 5.75 Å². The van der Waals surface area contributed by atoms with E-state index < -0.39 is 0 Å². The van der Waals surface area contributed by atoms with Crippen LogP contribution in [0.3, 0.4) is 0 Å². The van der Waals surface area contributed by atoms with Crippen molar-refractivity contribution in [3.8, 4) is 5.75 Å². The zero-order chi connectivity index (χ0) is 16.1. The topological polar surface area (TPSA) is 51.0 Å². The summed E-state index contributed by atoms with van der Waals surface area (Å²) in [6.45, 7) is 0. The summed E-state index contributed by atoms with van der Waals surface area (Å²) >= 11 is 0. The number of benzene rings is 3. The molecule has 0 radical (unpaired) electrons. The molecule has 4 nitrogen and oxygen atoms in total. The fourth-order valence-electron chi connectivity index (χ4n) is 2.45. The van der Waals surface area contributed by atoms with E-state index in [2.05, 4.69) is 9.98 Å². The van der Waals surface area contributed by atoms with Gasteiger partial charge in [-0.1, -0.05) is 54.6 Å². The molecule has 0 atom stereocenters. The smallest absolute Gasteiger partial charge is 0.242 e. The summed E-state index contributed by atoms with van der Waals surface area (Å²) in [5.74, 6) is 0.924. The fraction of sp³-hybridized carbons (Fsp3) is 0.0526. The van der Waals surface area contributed by atoms with Crippen LogP contribution in [-0.4, -0.2) is 19.0 Å². The lowest BCUT2D eigenvalue weighted by atomic mass is 10.0. The molecule has 0 aliphatic heterocycles. The molecule has 0 aromatic heterocycles. The van der Waals surface area contributed by atoms with Crippen molar-refractivity contribution in [1.82, 2.24) is 0 Å². The molecule has 0 spiro atoms. The molecule has 0 heterocycles. The minimum Gasteiger partial charge on any atom is -0.494 e. The summed E-state index contributed by atoms with van der Waals surface area (Å²) in [5, 5.41) is 2.03. The van der Waals surface area contributed by atoms with Gasteiger partial charge in [-0.25, -0.2) is 9.79 Å². The molecule has 0 bridgehead atoms. The number of fused-ring (bicyclic) bond motifs is 1. The van der Waals surface area contributed by atoms with Crippen LogP contribution in [0.25, 0.3) is 10.8 Å². The Kier molecular flexibility index (Phi) is 4.27. The van der Waals surface area contributed by atoms with E-state index in [9.17, 15) is 4.79 Å². The number of rotatable bonds is 3. The minimum absolute atomic E-state index is 0.307. The van der Waals surface area contributed by atoms with Gasteiger partial charge in [0.1, 0.15) is 11.4 Å². The molecule has 0 saturated heterocycles. The molecule has 3 aromatic carbocycles. The Hall–Kier alpha value is -3.23. The van der Waals surface area contributed by atoms with Crippen LogP contribution < -0.4 is 4.74 Å². The Morgan fingerprint density at radius 1 is 0.957 bits per heavy atom. The number of methoxy groups -OCH3 is 1. The van der Waals surface area contributed by atoms with Gasteiger partial charge in [-0.3, -0.25) is 0 Å². The van der Waals surface area contributed by atoms with E-state index in [1.54, 1.807) is 13.2 Å². The zero-order valence-electron chi connectivity index (χ0n) is 12.6. The SMILES string of the molecule is COc1ccccc1N=C(N=C=O)c1cccc2ccccc12. The molecule has 0 aliphatic rings. The van der Waals surface area contributed by atoms with Crippen molar-refractivity contribution in [1.29, 1.82) is 0 Å². The second-order valence-electron chi connectivity index (χ2n) is 4.84. The monoisotopic (exact) mass is 302 g/mol. The molecule has 3 rings (SSSR count). The van der Waals surface area contributed by atoms with Crippen LogP contribution in [-0.2, 0) is 4.79 Å². The summed E-state index contributed by atoms with van der Waals surface area (Å²) in [7, 11) is 1.58. The second kappa shape index (κ2) is 6.69. The first-order chi connectivity index (χ1) is 11.3. The first-order valence-corrected chi connectivity index (χ1v) is 7.11. The standard InChI is InChI=1S/C19H14N2O2/c1-23-18-12-5-4-11-17(18)21-19(20-13-22)16-10-6-8-14-7-2-3-9-15(14)16/h2-12H,1H3. The van der Waals surface area contributed by atoms with Crippen molar-refractivity contribution in [3.63, 3.8) is 0 Å². The summed E-state index contributed by atoms with van der Waals surface area (Å²) in [5.41, 5.74) is 1.38. The molecular formula is C19H14N2O2. The van der Waals surface area contributed by atoms with E-state index in [4.69, 9.17) is 4.74 Å². The van der Waals surface area contributed by atoms with Crippen LogP contribution in [0, 0.1) is 0 Å². The Morgan fingerprint density at radius 3 is 2.52 bits per heavy atom. The highest BCUT2D eigenvalue weighted by Gasteiger charge is 2.09. The summed E-state index contributed by atoms with van der Waals surface area (Å²) in [6, 6.07) is 21.0. The van der Waals surface area contributed by atoms with Crippen LogP contribution in [0.4, 0.5) is 5.69 Å². The van der Waals surface area contributed by atoms with Gasteiger partial charge in [0, 0.05) is 5.56 Å². The largest absolute Gasteiger partial charge is 0.494 e. The highest BCUT2D eigenvalue weighted by Crippen LogP contribution is 2.28. The Balaban J connectivity index is 2.22. The molecule has 112 valence electrons. The number of amidine groups is 1. The lowest BCUT2D eigenvalue weighted by Gasteiger charge is -2.07. The maximum atomic E-state index is 10.9. The van der Waals surface area contributed by atoms with Crippen molar-refractivity contribution in [2.75, 3.05) is 7.11 Å². The van der Waals surface area contributed by atoms with Crippen molar-refractivity contribution in [2.45, 2.75) is 0 Å². The van der Waals surface area contributed by atoms with Crippen molar-refractivity contribution in [2.24, 2.45) is 9.98 Å². The first kappa shape index (κ1) is 14.7. The molecule has 0 saturated carbocycles. The quantitative estimate of drug-likeness (QED) is 0.412. The number of aliphatic imine (C=N–C) groups is 2. The van der Waals surface area contributed by atoms with Crippen LogP contribution in [0.2, 0.25) is 0 Å². The molecule has 23 heavy (non-hydrogen) atoms. The maximum Gasteiger partial charge on any atom is 0.242 e. The highest BCUT2D eigenvalue weighted by molar-refractivity contribution is 6.12. The van der Waals surface area contributed by atoms with Crippen LogP contribution in [0.1, 0.15) is 5.56 Å². The summed E-state index contributed by atoms with van der Waals surface area (Å²) < 4.78 is 5.30. The second-order valence-corrected chi connectivity index (χ2v) is 4.84. The van der Waals surface area contributed by atoms with Crippen LogP contribution in [0.15, 0.2) is 76.7 Å². The minimum atomic E-state index is 0.307. The number of nitrogens with zero attached hydrogens (tertiary/aromatic N) is 2. The van der Waals surface area contributed by atoms with E-state index in [0.717, 1.165) is 16.3 Å². The van der Waals surface area contributed by atoms with E-state index in [1.165, 1.54) is 0 Å². The summed E-state index contributed by atoms with van der Waals surface area (Å²) in [4.78, 5) is 19.2. The molecule has 4 heteroatoms. The third-order valence-corrected chi connectivity index (χ3v) is 3.49. The molecule has 0 N–H and O–H groups in total. The van der Waals surface area contributed by atoms with Crippen LogP contribution >= 0.6 is 0 Å². The van der Waals surface area contributed by atoms with Gasteiger partial charge in [-0.15, -0.1) is 4.99 Å². The number of ether oxygens (including phenoxy) is 1. The highest BCUT2D eigenvalue weighted by atomic mass is 16.5. The van der Waals surface area contributed by atoms with Crippen molar-refractivity contribution in [3.05, 3.63) is 72.3 Å². The number of hydrogen-bond acceptors (Lipinski definition) is 3. The Morgan fingerprint density at radius 2 is 1.70 bits per heavy atom. The third kappa shape index (κ3) is 3.03. The van der Waals surface area contributed by atoms with Gasteiger partial charge >= 0.3 is 0 Å². The summed E-state index contributed by atoms with van der Waals surface area (Å²) in [6.07, 6.45) is 1.59. The molecule has 0 unspecified atom stereocenters. The lowest BCUT2D eigenvalue weighted by molar-refractivity contribution is 0.416. The van der Waals surface area contributed by atoms with E-state index in [0.29, 0.717) is 17.3 Å². The van der Waals surface area contributed by atoms with E-state index in [1.807, 2.05) is 66.7 Å². The Bertz CT molecular complexity index is 920. The number of para-hydroxylation sites is 2. The predicted molar refractivity (Wildman–Crippen MR) is 91.3 cm³/mol. The van der Waals surface area contributed by atoms with Gasteiger partial charge in [-0.2, -0.15) is 0 Å². The van der Waals surface area contributed by atoms with E-state index >= 15 is 0 Å². The average molecular weight is 302 g/mol. The number of carbonyl (C=O) groups excluding carboxylic acids is 1. The third-order valence-electron chi connectivity index (χ3n) is 3.49. The molecular weight excluding hydrogens is 288 g/mol. The molecule has 0 amide bonds. The average Bonchev–Trinajstić information content (AvgIpc) is 2.61. The van der Waals surface area contributed by atoms with Crippen molar-refractivity contribution >= 4 is 28.4 Å². The molecule has 0 fully saturated rings. The predicted octanol–water partition coefficient (Wildman–Crippen LogP) is 4.26. The number of isocyanates is 1. The molecule has 3 aromatic rings. The van der Waals surface area contributed by atoms with Gasteiger partial charge in [0.2, 0.25) is 6.08 Å². The van der Waals surface area contributed by atoms with Gasteiger partial charge in [0.05, 0.1) is 7.11 Å². The van der Waals surface area contributed by atoms with Gasteiger partial charge < -0.3 is 4.74 Å². The van der Waals surface area contributed by atoms with Gasteiger partial charge in [0.25, 0.3) is 0 Å². The normalized spacial score (nSPS) is 11.1. The maximum absolute atomic E-state index is 10.9. The lowest BCUT2D eigenvalue weighted by Crippen LogP contribution is -1.98. The number of hydrogen-bond donors (Lipinski definition) is 0.